The van der Waals surface area contributed by atoms with Gasteiger partial charge < -0.3 is 18.9 Å². The molecule has 0 aliphatic rings. The van der Waals surface area contributed by atoms with Crippen LogP contribution in [0.3, 0.4) is 0 Å². The van der Waals surface area contributed by atoms with Gasteiger partial charge in [0.05, 0.1) is 25.4 Å². The monoisotopic (exact) mass is 357 g/mol. The lowest BCUT2D eigenvalue weighted by Gasteiger charge is -2.10. The molecule has 2 heterocycles. The van der Waals surface area contributed by atoms with Crippen molar-refractivity contribution in [1.29, 1.82) is 0 Å². The number of methoxy groups -OCH3 is 1. The van der Waals surface area contributed by atoms with E-state index in [0.29, 0.717) is 16.7 Å². The van der Waals surface area contributed by atoms with Crippen molar-refractivity contribution in [3.05, 3.63) is 45.0 Å². The van der Waals surface area contributed by atoms with Gasteiger partial charge >= 0.3 is 11.6 Å². The summed E-state index contributed by atoms with van der Waals surface area (Å²) in [4.78, 5) is 35.6. The van der Waals surface area contributed by atoms with E-state index < -0.39 is 17.5 Å². The van der Waals surface area contributed by atoms with Crippen molar-refractivity contribution in [3.8, 4) is 0 Å². The number of benzene rings is 1. The molecule has 1 aromatic carbocycles. The second-order valence-electron chi connectivity index (χ2n) is 6.20. The molecule has 26 heavy (non-hydrogen) atoms. The van der Waals surface area contributed by atoms with Crippen molar-refractivity contribution < 1.29 is 23.2 Å². The first-order valence-corrected chi connectivity index (χ1v) is 8.10. The molecule has 7 nitrogen and oxygen atoms in total. The Kier molecular flexibility index (Phi) is 4.54. The number of carbonyl (C=O) groups is 2. The Balaban J connectivity index is 2.05. The van der Waals surface area contributed by atoms with Gasteiger partial charge in [-0.3, -0.25) is 9.59 Å². The molecule has 0 aliphatic carbocycles. The Morgan fingerprint density at radius 3 is 2.54 bits per heavy atom. The molecule has 2 aromatic heterocycles. The lowest BCUT2D eigenvalue weighted by Crippen LogP contribution is -2.32. The van der Waals surface area contributed by atoms with Crippen LogP contribution in [0.2, 0.25) is 0 Å². The minimum absolute atomic E-state index is 0.178. The summed E-state index contributed by atoms with van der Waals surface area (Å²) in [7, 11) is 1.23. The van der Waals surface area contributed by atoms with Crippen molar-refractivity contribution in [1.82, 2.24) is 5.32 Å². The summed E-state index contributed by atoms with van der Waals surface area (Å²) in [6.07, 6.45) is 1.48. The first-order valence-electron chi connectivity index (χ1n) is 8.10. The molecule has 0 spiro atoms. The summed E-state index contributed by atoms with van der Waals surface area (Å²) < 4.78 is 15.5. The highest BCUT2D eigenvalue weighted by Crippen LogP contribution is 2.32. The minimum Gasteiger partial charge on any atom is -0.468 e. The van der Waals surface area contributed by atoms with Crippen LogP contribution in [0.5, 0.6) is 0 Å². The number of furan rings is 1. The second kappa shape index (κ2) is 6.67. The number of esters is 1. The van der Waals surface area contributed by atoms with E-state index in [0.717, 1.165) is 21.9 Å². The van der Waals surface area contributed by atoms with E-state index in [4.69, 9.17) is 8.83 Å². The highest BCUT2D eigenvalue weighted by Gasteiger charge is 2.19. The van der Waals surface area contributed by atoms with E-state index in [1.807, 2.05) is 19.9 Å². The van der Waals surface area contributed by atoms with Gasteiger partial charge in [-0.05, 0) is 38.0 Å². The molecule has 0 saturated carbocycles. The Bertz CT molecular complexity index is 1090. The van der Waals surface area contributed by atoms with Gasteiger partial charge in [0.1, 0.15) is 17.7 Å². The Morgan fingerprint density at radius 1 is 1.12 bits per heavy atom. The minimum atomic E-state index is -0.575. The normalized spacial score (nSPS) is 11.1. The third-order valence-electron chi connectivity index (χ3n) is 4.53. The summed E-state index contributed by atoms with van der Waals surface area (Å²) in [5, 5.41) is 4.12. The van der Waals surface area contributed by atoms with E-state index in [2.05, 4.69) is 10.1 Å². The summed E-state index contributed by atoms with van der Waals surface area (Å²) in [5.74, 6) is -1.02. The fourth-order valence-corrected chi connectivity index (χ4v) is 2.99. The quantitative estimate of drug-likeness (QED) is 0.568. The zero-order valence-electron chi connectivity index (χ0n) is 15.0. The molecule has 3 aromatic rings. The van der Waals surface area contributed by atoms with Crippen molar-refractivity contribution >= 4 is 33.8 Å². The summed E-state index contributed by atoms with van der Waals surface area (Å²) in [5.41, 5.74) is 3.22. The average molecular weight is 357 g/mol. The van der Waals surface area contributed by atoms with E-state index in [-0.39, 0.29) is 18.5 Å². The number of carbonyl (C=O) groups excluding carboxylic acids is 2. The van der Waals surface area contributed by atoms with Gasteiger partial charge in [0, 0.05) is 16.3 Å². The molecule has 3 rings (SSSR count). The molecular formula is C19H19NO6. The number of hydrogen-bond donors (Lipinski definition) is 1. The van der Waals surface area contributed by atoms with Crippen LogP contribution in [0.1, 0.15) is 22.3 Å². The van der Waals surface area contributed by atoms with Crippen LogP contribution in [-0.2, 0) is 20.7 Å². The van der Waals surface area contributed by atoms with Gasteiger partial charge in [-0.25, -0.2) is 4.79 Å². The number of hydrogen-bond acceptors (Lipinski definition) is 6. The van der Waals surface area contributed by atoms with Crippen LogP contribution in [-0.4, -0.2) is 25.5 Å². The smallest absolute Gasteiger partial charge is 0.340 e. The first-order chi connectivity index (χ1) is 12.3. The standard InChI is InChI=1S/C19H19NO6/c1-9-8-25-17-11(3)18-13(5-12(9)17)10(2)14(19(23)26-18)6-15(21)20-7-16(22)24-4/h5,8H,6-7H2,1-4H3,(H,20,21). The predicted octanol–water partition coefficient (Wildman–Crippen LogP) is 2.30. The topological polar surface area (TPSA) is 98.8 Å². The van der Waals surface area contributed by atoms with Crippen LogP contribution in [0.25, 0.3) is 21.9 Å². The van der Waals surface area contributed by atoms with Crippen LogP contribution in [0.4, 0.5) is 0 Å². The molecule has 1 amide bonds. The van der Waals surface area contributed by atoms with E-state index >= 15 is 0 Å². The van der Waals surface area contributed by atoms with Crippen LogP contribution < -0.4 is 10.9 Å². The van der Waals surface area contributed by atoms with Crippen molar-refractivity contribution in [2.45, 2.75) is 27.2 Å². The molecule has 0 unspecified atom stereocenters. The van der Waals surface area contributed by atoms with Crippen molar-refractivity contribution in [3.63, 3.8) is 0 Å². The largest absolute Gasteiger partial charge is 0.468 e. The van der Waals surface area contributed by atoms with Gasteiger partial charge in [-0.15, -0.1) is 0 Å². The van der Waals surface area contributed by atoms with Gasteiger partial charge in [-0.1, -0.05) is 0 Å². The second-order valence-corrected chi connectivity index (χ2v) is 6.20. The highest BCUT2D eigenvalue weighted by atomic mass is 16.5. The van der Waals surface area contributed by atoms with Crippen molar-refractivity contribution in [2.24, 2.45) is 0 Å². The molecule has 0 fully saturated rings. The van der Waals surface area contributed by atoms with E-state index in [9.17, 15) is 14.4 Å². The summed E-state index contributed by atoms with van der Waals surface area (Å²) in [6, 6.07) is 1.91. The van der Waals surface area contributed by atoms with Crippen LogP contribution >= 0.6 is 0 Å². The molecule has 0 aliphatic heterocycles. The number of rotatable bonds is 4. The van der Waals surface area contributed by atoms with Gasteiger partial charge in [0.15, 0.2) is 0 Å². The average Bonchev–Trinajstić information content (AvgIpc) is 2.99. The molecule has 1 N–H and O–H groups in total. The molecular weight excluding hydrogens is 338 g/mol. The fraction of sp³-hybridized carbons (Fsp3) is 0.316. The van der Waals surface area contributed by atoms with Crippen LogP contribution in [0, 0.1) is 20.8 Å². The highest BCUT2D eigenvalue weighted by molar-refractivity contribution is 6.00. The maximum Gasteiger partial charge on any atom is 0.340 e. The molecule has 0 radical (unpaired) electrons. The number of fused-ring (bicyclic) bond motifs is 2. The maximum absolute atomic E-state index is 12.4. The Hall–Kier alpha value is -3.09. The number of nitrogens with one attached hydrogen (secondary N) is 1. The summed E-state index contributed by atoms with van der Waals surface area (Å²) >= 11 is 0. The molecule has 136 valence electrons. The number of amides is 1. The lowest BCUT2D eigenvalue weighted by atomic mass is 9.99. The van der Waals surface area contributed by atoms with Gasteiger partial charge in [0.25, 0.3) is 0 Å². The maximum atomic E-state index is 12.4. The van der Waals surface area contributed by atoms with Crippen molar-refractivity contribution in [2.75, 3.05) is 13.7 Å². The SMILES string of the molecule is COC(=O)CNC(=O)Cc1c(C)c2cc3c(C)coc3c(C)c2oc1=O. The summed E-state index contributed by atoms with van der Waals surface area (Å²) in [6.45, 7) is 5.30. The lowest BCUT2D eigenvalue weighted by molar-refractivity contribution is -0.141. The molecule has 0 bridgehead atoms. The first kappa shape index (κ1) is 17.7. The third-order valence-corrected chi connectivity index (χ3v) is 4.53. The fourth-order valence-electron chi connectivity index (χ4n) is 2.99. The Morgan fingerprint density at radius 2 is 1.85 bits per heavy atom. The van der Waals surface area contributed by atoms with Gasteiger partial charge in [0.2, 0.25) is 5.91 Å². The third kappa shape index (κ3) is 2.96. The molecule has 0 saturated heterocycles. The number of ether oxygens (including phenoxy) is 1. The zero-order chi connectivity index (χ0) is 19.0. The predicted molar refractivity (Wildman–Crippen MR) is 95.2 cm³/mol. The van der Waals surface area contributed by atoms with Crippen LogP contribution in [0.15, 0.2) is 26.0 Å². The van der Waals surface area contributed by atoms with Gasteiger partial charge in [-0.2, -0.15) is 0 Å². The molecule has 0 atom stereocenters. The Labute approximate surface area is 148 Å². The number of aryl methyl sites for hydroxylation is 3. The van der Waals surface area contributed by atoms with E-state index in [1.165, 1.54) is 7.11 Å². The zero-order valence-corrected chi connectivity index (χ0v) is 15.0. The van der Waals surface area contributed by atoms with E-state index in [1.54, 1.807) is 13.2 Å². The molecule has 7 heteroatoms.